The molecule has 0 saturated carbocycles. The fourth-order valence-corrected chi connectivity index (χ4v) is 3.32. The molecule has 3 nitrogen and oxygen atoms in total. The highest BCUT2D eigenvalue weighted by Crippen LogP contribution is 2.41. The van der Waals surface area contributed by atoms with Crippen molar-refractivity contribution in [3.05, 3.63) is 71.9 Å². The summed E-state index contributed by atoms with van der Waals surface area (Å²) in [5, 5.41) is 4.58. The summed E-state index contributed by atoms with van der Waals surface area (Å²) in [6.07, 6.45) is 6.92. The van der Waals surface area contributed by atoms with Crippen LogP contribution in [0.25, 0.3) is 17.0 Å². The lowest BCUT2D eigenvalue weighted by Gasteiger charge is -2.32. The van der Waals surface area contributed by atoms with E-state index >= 15 is 0 Å². The number of rotatable bonds is 0. The van der Waals surface area contributed by atoms with Crippen LogP contribution in [0.5, 0.6) is 5.75 Å². The van der Waals surface area contributed by atoms with Crippen LogP contribution in [0, 0.1) is 0 Å². The van der Waals surface area contributed by atoms with Crippen LogP contribution >= 0.6 is 0 Å². The molecule has 1 atom stereocenters. The Bertz CT molecular complexity index is 905. The molecule has 2 aliphatic heterocycles. The van der Waals surface area contributed by atoms with Crippen molar-refractivity contribution >= 4 is 22.7 Å². The van der Waals surface area contributed by atoms with Crippen molar-refractivity contribution in [3.63, 3.8) is 0 Å². The number of anilines is 1. The lowest BCUT2D eigenvalue weighted by atomic mass is 10.0. The first kappa shape index (κ1) is 11.8. The van der Waals surface area contributed by atoms with E-state index in [2.05, 4.69) is 46.7 Å². The van der Waals surface area contributed by atoms with Gasteiger partial charge in [-0.3, -0.25) is 4.98 Å². The highest BCUT2D eigenvalue weighted by molar-refractivity contribution is 5.89. The van der Waals surface area contributed by atoms with E-state index in [1.807, 2.05) is 30.5 Å². The molecule has 2 aliphatic rings. The van der Waals surface area contributed by atoms with E-state index in [0.29, 0.717) is 0 Å². The number of hydrogen-bond donors (Lipinski definition) is 1. The molecule has 22 heavy (non-hydrogen) atoms. The molecular formula is C19H14N2O. The lowest BCUT2D eigenvalue weighted by Crippen LogP contribution is -2.42. The number of nitrogens with one attached hydrogen (secondary N) is 1. The highest BCUT2D eigenvalue weighted by Gasteiger charge is 2.39. The second kappa shape index (κ2) is 4.10. The van der Waals surface area contributed by atoms with Crippen molar-refractivity contribution < 1.29 is 4.74 Å². The third-order valence-corrected chi connectivity index (χ3v) is 4.39. The molecule has 3 heterocycles. The van der Waals surface area contributed by atoms with E-state index in [1.54, 1.807) is 0 Å². The molecule has 106 valence electrons. The van der Waals surface area contributed by atoms with Crippen molar-refractivity contribution in [2.75, 3.05) is 5.32 Å². The van der Waals surface area contributed by atoms with Gasteiger partial charge in [0, 0.05) is 29.3 Å². The van der Waals surface area contributed by atoms with Gasteiger partial charge in [-0.15, -0.1) is 0 Å². The van der Waals surface area contributed by atoms with E-state index in [4.69, 9.17) is 4.74 Å². The van der Waals surface area contributed by atoms with Gasteiger partial charge in [-0.2, -0.15) is 0 Å². The molecule has 3 heteroatoms. The minimum absolute atomic E-state index is 0.485. The normalized spacial score (nSPS) is 21.3. The van der Waals surface area contributed by atoms with Crippen molar-refractivity contribution in [3.8, 4) is 5.75 Å². The van der Waals surface area contributed by atoms with E-state index in [-0.39, 0.29) is 0 Å². The first-order valence-corrected chi connectivity index (χ1v) is 7.45. The lowest BCUT2D eigenvalue weighted by molar-refractivity contribution is 0.158. The number of nitrogens with zero attached hydrogens (tertiary/aromatic N) is 1. The summed E-state index contributed by atoms with van der Waals surface area (Å²) in [5.74, 6) is 0.911. The monoisotopic (exact) mass is 286 g/mol. The molecule has 1 spiro atoms. The van der Waals surface area contributed by atoms with Gasteiger partial charge in [0.2, 0.25) is 5.72 Å². The summed E-state index contributed by atoms with van der Waals surface area (Å²) >= 11 is 0. The molecule has 5 rings (SSSR count). The third-order valence-electron chi connectivity index (χ3n) is 4.39. The second-order valence-corrected chi connectivity index (χ2v) is 5.84. The zero-order chi connectivity index (χ0) is 14.6. The maximum Gasteiger partial charge on any atom is 0.204 e. The number of para-hydroxylation sites is 2. The van der Waals surface area contributed by atoms with Gasteiger partial charge in [-0.1, -0.05) is 30.3 Å². The number of hydrogen-bond acceptors (Lipinski definition) is 3. The largest absolute Gasteiger partial charge is 0.463 e. The third kappa shape index (κ3) is 1.59. The molecule has 0 aliphatic carbocycles. The van der Waals surface area contributed by atoms with Crippen LogP contribution in [0.1, 0.15) is 11.1 Å². The number of benzene rings is 2. The van der Waals surface area contributed by atoms with Gasteiger partial charge in [0.15, 0.2) is 0 Å². The molecule has 3 aromatic rings. The van der Waals surface area contributed by atoms with E-state index < -0.39 is 5.72 Å². The fourth-order valence-electron chi connectivity index (χ4n) is 3.32. The highest BCUT2D eigenvalue weighted by atomic mass is 16.5. The van der Waals surface area contributed by atoms with Gasteiger partial charge >= 0.3 is 0 Å². The Kier molecular flexibility index (Phi) is 2.20. The predicted molar refractivity (Wildman–Crippen MR) is 87.9 cm³/mol. The SMILES string of the molecule is C1=CC2(Cc3ccccc3N2)Oc2c1cnc1ccccc21. The standard InChI is InChI=1S/C19H14N2O/c1-3-7-16-13(5-1)11-19(21-16)10-9-14-12-20-17-8-4-2-6-15(17)18(14)22-19/h1-10,12,21H,11H2. The Hall–Kier alpha value is -2.81. The molecule has 1 N–H and O–H groups in total. The van der Waals surface area contributed by atoms with Gasteiger partial charge in [0.1, 0.15) is 5.75 Å². The van der Waals surface area contributed by atoms with Crippen LogP contribution < -0.4 is 10.1 Å². The average Bonchev–Trinajstić information content (AvgIpc) is 2.92. The Labute approximate surface area is 128 Å². The Morgan fingerprint density at radius 1 is 1.05 bits per heavy atom. The summed E-state index contributed by atoms with van der Waals surface area (Å²) < 4.78 is 6.44. The molecule has 0 bridgehead atoms. The number of fused-ring (bicyclic) bond motifs is 4. The maximum atomic E-state index is 6.44. The molecule has 0 saturated heterocycles. The summed E-state index contributed by atoms with van der Waals surface area (Å²) in [6.45, 7) is 0. The van der Waals surface area contributed by atoms with Crippen molar-refractivity contribution in [1.29, 1.82) is 0 Å². The number of pyridine rings is 1. The summed E-state index contributed by atoms with van der Waals surface area (Å²) in [7, 11) is 0. The average molecular weight is 286 g/mol. The Balaban J connectivity index is 1.64. The van der Waals surface area contributed by atoms with Crippen molar-refractivity contribution in [2.45, 2.75) is 12.1 Å². The minimum atomic E-state index is -0.485. The smallest absolute Gasteiger partial charge is 0.204 e. The van der Waals surface area contributed by atoms with Crippen LogP contribution in [0.3, 0.4) is 0 Å². The zero-order valence-electron chi connectivity index (χ0n) is 11.9. The molecule has 0 amide bonds. The van der Waals surface area contributed by atoms with Crippen LogP contribution in [-0.2, 0) is 6.42 Å². The summed E-state index contributed by atoms with van der Waals surface area (Å²) in [5.41, 5.74) is 3.94. The topological polar surface area (TPSA) is 34.1 Å². The molecule has 1 aromatic heterocycles. The van der Waals surface area contributed by atoms with Crippen molar-refractivity contribution in [2.24, 2.45) is 0 Å². The quantitative estimate of drug-likeness (QED) is 0.678. The van der Waals surface area contributed by atoms with Crippen molar-refractivity contribution in [1.82, 2.24) is 4.98 Å². The molecule has 1 unspecified atom stereocenters. The van der Waals surface area contributed by atoms with Gasteiger partial charge in [-0.25, -0.2) is 0 Å². The van der Waals surface area contributed by atoms with Crippen LogP contribution in [0.15, 0.2) is 60.8 Å². The Morgan fingerprint density at radius 2 is 1.91 bits per heavy atom. The molecule has 2 aromatic carbocycles. The van der Waals surface area contributed by atoms with Gasteiger partial charge < -0.3 is 10.1 Å². The minimum Gasteiger partial charge on any atom is -0.463 e. The van der Waals surface area contributed by atoms with E-state index in [0.717, 1.165) is 34.3 Å². The summed E-state index contributed by atoms with van der Waals surface area (Å²) in [6, 6.07) is 16.5. The Morgan fingerprint density at radius 3 is 2.86 bits per heavy atom. The first-order valence-electron chi connectivity index (χ1n) is 7.45. The second-order valence-electron chi connectivity index (χ2n) is 5.84. The van der Waals surface area contributed by atoms with Gasteiger partial charge in [-0.05, 0) is 35.9 Å². The van der Waals surface area contributed by atoms with Crippen LogP contribution in [0.2, 0.25) is 0 Å². The van der Waals surface area contributed by atoms with E-state index in [1.165, 1.54) is 5.56 Å². The predicted octanol–water partition coefficient (Wildman–Crippen LogP) is 4.00. The summed E-state index contributed by atoms with van der Waals surface area (Å²) in [4.78, 5) is 4.50. The zero-order valence-corrected chi connectivity index (χ0v) is 11.9. The molecule has 0 radical (unpaired) electrons. The first-order chi connectivity index (χ1) is 10.8. The molecular weight excluding hydrogens is 272 g/mol. The van der Waals surface area contributed by atoms with E-state index in [9.17, 15) is 0 Å². The fraction of sp³-hybridized carbons (Fsp3) is 0.105. The van der Waals surface area contributed by atoms with Gasteiger partial charge in [0.25, 0.3) is 0 Å². The van der Waals surface area contributed by atoms with Crippen LogP contribution in [-0.4, -0.2) is 10.7 Å². The number of ether oxygens (including phenoxy) is 1. The maximum absolute atomic E-state index is 6.44. The molecule has 0 fully saturated rings. The number of aromatic nitrogens is 1. The van der Waals surface area contributed by atoms with Crippen LogP contribution in [0.4, 0.5) is 5.69 Å². The van der Waals surface area contributed by atoms with Gasteiger partial charge in [0.05, 0.1) is 5.52 Å².